The van der Waals surface area contributed by atoms with Crippen molar-refractivity contribution in [2.24, 2.45) is 17.3 Å². The maximum Gasteiger partial charge on any atom is 0.290 e. The lowest BCUT2D eigenvalue weighted by Crippen LogP contribution is -2.57. The van der Waals surface area contributed by atoms with Crippen LogP contribution in [0.25, 0.3) is 6.08 Å². The fraction of sp³-hybridized carbons (Fsp3) is 0.711. The Labute approximate surface area is 289 Å². The molecule has 1 aromatic rings. The van der Waals surface area contributed by atoms with Crippen LogP contribution in [0.2, 0.25) is 0 Å². The zero-order valence-electron chi connectivity index (χ0n) is 31.4. The minimum Gasteiger partial charge on any atom is -0.348 e. The average molecular weight is 668 g/mol. The Hall–Kier alpha value is -2.99. The van der Waals surface area contributed by atoms with Gasteiger partial charge in [0.1, 0.15) is 11.6 Å². The molecule has 47 heavy (non-hydrogen) atoms. The van der Waals surface area contributed by atoms with E-state index in [0.717, 1.165) is 46.6 Å². The molecule has 0 aliphatic carbocycles. The lowest BCUT2D eigenvalue weighted by Gasteiger charge is -2.38. The van der Waals surface area contributed by atoms with E-state index in [1.807, 2.05) is 6.07 Å². The molecular formula is C38H61N5O3S. The van der Waals surface area contributed by atoms with Gasteiger partial charge in [-0.3, -0.25) is 14.4 Å². The third kappa shape index (κ3) is 10.0. The van der Waals surface area contributed by atoms with E-state index in [1.165, 1.54) is 43.5 Å². The molecule has 2 atom stereocenters. The van der Waals surface area contributed by atoms with Gasteiger partial charge in [-0.1, -0.05) is 119 Å². The van der Waals surface area contributed by atoms with Gasteiger partial charge < -0.3 is 4.90 Å². The summed E-state index contributed by atoms with van der Waals surface area (Å²) in [7, 11) is 0. The van der Waals surface area contributed by atoms with E-state index in [2.05, 4.69) is 53.4 Å². The summed E-state index contributed by atoms with van der Waals surface area (Å²) in [4.78, 5) is 49.7. The van der Waals surface area contributed by atoms with E-state index in [1.54, 1.807) is 52.0 Å². The Balaban J connectivity index is 2.78. The monoisotopic (exact) mass is 667 g/mol. The van der Waals surface area contributed by atoms with E-state index >= 15 is 0 Å². The number of hydrazine groups is 1. The van der Waals surface area contributed by atoms with Crippen LogP contribution >= 0.6 is 11.3 Å². The standard InChI is InChI=1S/C38H61N5O3S/c1-13-18-20-27(15-3)24-41(25-28(16-4)21-19-14-2)36-40-32(37(7,8)9)31(47-36)22-29-26(6)30(23-39)34(45)43(33(29)44)42(17-5)35(46)38(10,11)12/h22,27-28H,13-21,24-25H2,1-12H3/b29-22-. The fourth-order valence-corrected chi connectivity index (χ4v) is 7.20. The molecule has 0 fully saturated rings. The molecule has 3 amide bonds. The van der Waals surface area contributed by atoms with Crippen LogP contribution < -0.4 is 4.90 Å². The molecule has 1 aliphatic heterocycles. The summed E-state index contributed by atoms with van der Waals surface area (Å²) in [6, 6.07) is 2.02. The number of carbonyl (C=O) groups is 3. The van der Waals surface area contributed by atoms with Gasteiger partial charge in [-0.15, -0.1) is 0 Å². The molecule has 2 rings (SSSR count). The summed E-state index contributed by atoms with van der Waals surface area (Å²) >= 11 is 1.58. The number of unbranched alkanes of at least 4 members (excludes halogenated alkanes) is 2. The first-order chi connectivity index (χ1) is 22.0. The summed E-state index contributed by atoms with van der Waals surface area (Å²) < 4.78 is 0. The quantitative estimate of drug-likeness (QED) is 0.129. The highest BCUT2D eigenvalue weighted by Crippen LogP contribution is 2.39. The van der Waals surface area contributed by atoms with E-state index < -0.39 is 17.2 Å². The maximum atomic E-state index is 14.2. The number of nitrogens with zero attached hydrogens (tertiary/aromatic N) is 5. The van der Waals surface area contributed by atoms with Crippen LogP contribution in [-0.2, 0) is 19.8 Å². The van der Waals surface area contributed by atoms with Gasteiger partial charge in [0.25, 0.3) is 11.8 Å². The van der Waals surface area contributed by atoms with Gasteiger partial charge in [0, 0.05) is 36.0 Å². The highest BCUT2D eigenvalue weighted by atomic mass is 32.1. The van der Waals surface area contributed by atoms with Crippen molar-refractivity contribution in [3.8, 4) is 6.07 Å². The second-order valence-electron chi connectivity index (χ2n) is 15.1. The van der Waals surface area contributed by atoms with Gasteiger partial charge >= 0.3 is 0 Å². The minimum atomic E-state index is -0.833. The Kier molecular flexibility index (Phi) is 14.9. The van der Waals surface area contributed by atoms with Crippen molar-refractivity contribution in [3.63, 3.8) is 0 Å². The summed E-state index contributed by atoms with van der Waals surface area (Å²) in [6.45, 7) is 26.0. The lowest BCUT2D eigenvalue weighted by atomic mass is 9.89. The number of carbonyl (C=O) groups excluding carboxylic acids is 3. The Morgan fingerprint density at radius 2 is 1.47 bits per heavy atom. The van der Waals surface area contributed by atoms with Crippen molar-refractivity contribution in [2.75, 3.05) is 24.5 Å². The summed E-state index contributed by atoms with van der Waals surface area (Å²) in [6.07, 6.45) is 11.2. The Bertz CT molecular complexity index is 1340. The van der Waals surface area contributed by atoms with Crippen LogP contribution in [0.15, 0.2) is 16.7 Å². The predicted octanol–water partition coefficient (Wildman–Crippen LogP) is 9.08. The first-order valence-corrected chi connectivity index (χ1v) is 18.6. The van der Waals surface area contributed by atoms with Crippen molar-refractivity contribution in [1.82, 2.24) is 15.0 Å². The van der Waals surface area contributed by atoms with Gasteiger partial charge in [-0.05, 0) is 50.2 Å². The molecule has 0 bridgehead atoms. The first-order valence-electron chi connectivity index (χ1n) is 17.8. The molecule has 2 unspecified atom stereocenters. The van der Waals surface area contributed by atoms with Crippen molar-refractivity contribution in [3.05, 3.63) is 27.3 Å². The van der Waals surface area contributed by atoms with Crippen LogP contribution in [0.1, 0.15) is 145 Å². The molecule has 262 valence electrons. The fourth-order valence-electron chi connectivity index (χ4n) is 5.96. The predicted molar refractivity (Wildman–Crippen MR) is 195 cm³/mol. The van der Waals surface area contributed by atoms with Crippen molar-refractivity contribution >= 4 is 40.3 Å². The summed E-state index contributed by atoms with van der Waals surface area (Å²) in [5.74, 6) is -0.620. The summed E-state index contributed by atoms with van der Waals surface area (Å²) in [5, 5.41) is 13.1. The number of hydrogen-bond donors (Lipinski definition) is 0. The zero-order chi connectivity index (χ0) is 35.7. The molecular weight excluding hydrogens is 607 g/mol. The van der Waals surface area contributed by atoms with Gasteiger partial charge in [0.05, 0.1) is 10.6 Å². The van der Waals surface area contributed by atoms with Gasteiger partial charge in [-0.25, -0.2) is 9.99 Å². The maximum absolute atomic E-state index is 14.2. The third-order valence-electron chi connectivity index (χ3n) is 9.08. The van der Waals surface area contributed by atoms with Crippen molar-refractivity contribution in [2.45, 2.75) is 140 Å². The first kappa shape index (κ1) is 40.2. The smallest absolute Gasteiger partial charge is 0.290 e. The summed E-state index contributed by atoms with van der Waals surface area (Å²) in [5.41, 5.74) is 0.131. The number of aromatic nitrogens is 1. The Morgan fingerprint density at radius 3 is 1.87 bits per heavy atom. The largest absolute Gasteiger partial charge is 0.348 e. The second-order valence-corrected chi connectivity index (χ2v) is 16.1. The molecule has 1 aromatic heterocycles. The van der Waals surface area contributed by atoms with Gasteiger partial charge in [-0.2, -0.15) is 10.3 Å². The van der Waals surface area contributed by atoms with E-state index in [9.17, 15) is 19.6 Å². The third-order valence-corrected chi connectivity index (χ3v) is 10.1. The Morgan fingerprint density at radius 1 is 0.936 bits per heavy atom. The molecule has 0 aromatic carbocycles. The lowest BCUT2D eigenvalue weighted by molar-refractivity contribution is -0.173. The minimum absolute atomic E-state index is 0.110. The number of anilines is 1. The van der Waals surface area contributed by atoms with E-state index in [0.29, 0.717) is 17.4 Å². The number of thiazole rings is 1. The normalized spacial score (nSPS) is 16.5. The van der Waals surface area contributed by atoms with Crippen LogP contribution in [0.3, 0.4) is 0 Å². The molecule has 8 nitrogen and oxygen atoms in total. The number of amides is 3. The second kappa shape index (κ2) is 17.4. The number of imide groups is 1. The number of rotatable bonds is 16. The molecule has 0 spiro atoms. The van der Waals surface area contributed by atoms with E-state index in [-0.39, 0.29) is 29.0 Å². The van der Waals surface area contributed by atoms with E-state index in [4.69, 9.17) is 4.98 Å². The molecule has 2 heterocycles. The van der Waals surface area contributed by atoms with Crippen LogP contribution in [0, 0.1) is 28.6 Å². The van der Waals surface area contributed by atoms with Crippen molar-refractivity contribution < 1.29 is 14.4 Å². The van der Waals surface area contributed by atoms with Crippen molar-refractivity contribution in [1.29, 1.82) is 5.26 Å². The van der Waals surface area contributed by atoms with Crippen LogP contribution in [0.5, 0.6) is 0 Å². The highest BCUT2D eigenvalue weighted by Gasteiger charge is 2.43. The molecule has 0 saturated carbocycles. The molecule has 0 saturated heterocycles. The molecule has 1 aliphatic rings. The highest BCUT2D eigenvalue weighted by molar-refractivity contribution is 7.16. The van der Waals surface area contributed by atoms with Crippen LogP contribution in [-0.4, -0.2) is 52.4 Å². The molecule has 9 heteroatoms. The number of hydrogen-bond acceptors (Lipinski definition) is 7. The molecule has 0 N–H and O–H groups in total. The molecule has 0 radical (unpaired) electrons. The zero-order valence-corrected chi connectivity index (χ0v) is 32.2. The van der Waals surface area contributed by atoms with Crippen LogP contribution in [0.4, 0.5) is 5.13 Å². The SMILES string of the molecule is CCCCC(CC)CN(CC(CC)CCCC)c1nc(C(C)(C)C)c(/C=C2\C(=O)N(N(CC)C(=O)C(C)(C)C)C(=O)C(C#N)=C2C)s1. The van der Waals surface area contributed by atoms with Gasteiger partial charge in [0.15, 0.2) is 5.13 Å². The van der Waals surface area contributed by atoms with Gasteiger partial charge in [0.2, 0.25) is 5.91 Å². The number of nitriles is 1. The topological polar surface area (TPSA) is 97.6 Å². The average Bonchev–Trinajstić information content (AvgIpc) is 3.45.